The number of nitrogens with zero attached hydrogens (tertiary/aromatic N) is 2. The van der Waals surface area contributed by atoms with Crippen LogP contribution >= 0.6 is 0 Å². The number of fused-ring (bicyclic) bond motifs is 1. The Morgan fingerprint density at radius 3 is 2.54 bits per heavy atom. The van der Waals surface area contributed by atoms with Crippen molar-refractivity contribution in [2.45, 2.75) is 51.4 Å². The Balaban J connectivity index is 1.38. The number of hydrogen-bond acceptors (Lipinski definition) is 7. The zero-order valence-electron chi connectivity index (χ0n) is 20.7. The third kappa shape index (κ3) is 5.78. The Hall–Kier alpha value is -4.25. The largest absolute Gasteiger partial charge is 0.442 e. The third-order valence-electron chi connectivity index (χ3n) is 6.20. The van der Waals surface area contributed by atoms with E-state index in [2.05, 4.69) is 10.6 Å². The van der Waals surface area contributed by atoms with Gasteiger partial charge in [0.2, 0.25) is 5.91 Å². The second kappa shape index (κ2) is 10.4. The summed E-state index contributed by atoms with van der Waals surface area (Å²) < 4.78 is 5.06. The summed E-state index contributed by atoms with van der Waals surface area (Å²) in [7, 11) is 0. The molecule has 1 saturated heterocycles. The van der Waals surface area contributed by atoms with Crippen LogP contribution in [0.15, 0.2) is 48.5 Å². The number of carbonyl (C=O) groups excluding carboxylic acids is 5. The number of rotatable bonds is 7. The maximum atomic E-state index is 13.1. The molecule has 11 nitrogen and oxygen atoms in total. The summed E-state index contributed by atoms with van der Waals surface area (Å²) in [6, 6.07) is 13.1. The van der Waals surface area contributed by atoms with Crippen LogP contribution in [-0.4, -0.2) is 57.8 Å². The van der Waals surface area contributed by atoms with Crippen molar-refractivity contribution in [3.8, 4) is 0 Å². The van der Waals surface area contributed by atoms with Gasteiger partial charge in [0.25, 0.3) is 11.8 Å². The molecule has 2 aliphatic heterocycles. The SMILES string of the molecule is CC(C)(N)C(=O)OCN1C(=O)CCC(N2Cc3cc(CNC(=O)Nc4ccccc4)ccc3C2=O)C1=O. The van der Waals surface area contributed by atoms with E-state index in [0.717, 1.165) is 16.0 Å². The van der Waals surface area contributed by atoms with Crippen molar-refractivity contribution < 1.29 is 28.7 Å². The molecule has 4 rings (SSSR count). The van der Waals surface area contributed by atoms with Gasteiger partial charge in [-0.1, -0.05) is 30.3 Å². The number of hydrogen-bond donors (Lipinski definition) is 3. The number of benzene rings is 2. The molecule has 4 N–H and O–H groups in total. The Kier molecular flexibility index (Phi) is 7.25. The molecule has 1 atom stereocenters. The van der Waals surface area contributed by atoms with Crippen molar-refractivity contribution in [2.24, 2.45) is 5.73 Å². The maximum Gasteiger partial charge on any atom is 0.327 e. The number of nitrogens with one attached hydrogen (secondary N) is 2. The molecule has 1 fully saturated rings. The first-order chi connectivity index (χ1) is 17.5. The Labute approximate surface area is 213 Å². The number of esters is 1. The van der Waals surface area contributed by atoms with Gasteiger partial charge in [0.15, 0.2) is 6.73 Å². The van der Waals surface area contributed by atoms with Crippen molar-refractivity contribution in [1.29, 1.82) is 0 Å². The van der Waals surface area contributed by atoms with Crippen molar-refractivity contribution in [3.05, 3.63) is 65.2 Å². The van der Waals surface area contributed by atoms with Gasteiger partial charge in [-0.05, 0) is 49.6 Å². The summed E-state index contributed by atoms with van der Waals surface area (Å²) >= 11 is 0. The van der Waals surface area contributed by atoms with Gasteiger partial charge in [0.1, 0.15) is 11.6 Å². The van der Waals surface area contributed by atoms with E-state index < -0.39 is 36.1 Å². The van der Waals surface area contributed by atoms with Crippen LogP contribution in [-0.2, 0) is 32.2 Å². The molecule has 0 saturated carbocycles. The molecule has 2 heterocycles. The van der Waals surface area contributed by atoms with Crippen molar-refractivity contribution >= 4 is 35.4 Å². The number of amides is 5. The highest BCUT2D eigenvalue weighted by Crippen LogP contribution is 2.30. The lowest BCUT2D eigenvalue weighted by molar-refractivity contribution is -0.166. The molecular formula is C26H29N5O6. The van der Waals surface area contributed by atoms with Crippen LogP contribution in [0.3, 0.4) is 0 Å². The van der Waals surface area contributed by atoms with Crippen molar-refractivity contribution in [2.75, 3.05) is 12.0 Å². The molecule has 1 unspecified atom stereocenters. The van der Waals surface area contributed by atoms with Crippen LogP contribution in [0.5, 0.6) is 0 Å². The predicted molar refractivity (Wildman–Crippen MR) is 133 cm³/mol. The molecule has 0 aromatic heterocycles. The fourth-order valence-electron chi connectivity index (χ4n) is 4.19. The third-order valence-corrected chi connectivity index (χ3v) is 6.20. The number of ether oxygens (including phenoxy) is 1. The van der Waals surface area contributed by atoms with E-state index in [4.69, 9.17) is 10.5 Å². The topological polar surface area (TPSA) is 151 Å². The van der Waals surface area contributed by atoms with Crippen LogP contribution in [0.4, 0.5) is 10.5 Å². The first-order valence-corrected chi connectivity index (χ1v) is 11.9. The van der Waals surface area contributed by atoms with Crippen LogP contribution < -0.4 is 16.4 Å². The fraction of sp³-hybridized carbons (Fsp3) is 0.346. The highest BCUT2D eigenvalue weighted by Gasteiger charge is 2.43. The van der Waals surface area contributed by atoms with E-state index in [9.17, 15) is 24.0 Å². The summed E-state index contributed by atoms with van der Waals surface area (Å²) in [5.41, 5.74) is 7.07. The van der Waals surface area contributed by atoms with Crippen LogP contribution in [0.1, 0.15) is 48.2 Å². The molecule has 194 valence electrons. The van der Waals surface area contributed by atoms with Gasteiger partial charge in [-0.25, -0.2) is 9.69 Å². The lowest BCUT2D eigenvalue weighted by atomic mass is 10.0. The first kappa shape index (κ1) is 25.8. The summed E-state index contributed by atoms with van der Waals surface area (Å²) in [4.78, 5) is 65.0. The minimum atomic E-state index is -1.28. The second-order valence-electron chi connectivity index (χ2n) is 9.60. The number of para-hydroxylation sites is 1. The smallest absolute Gasteiger partial charge is 0.327 e. The first-order valence-electron chi connectivity index (χ1n) is 11.9. The summed E-state index contributed by atoms with van der Waals surface area (Å²) in [6.45, 7) is 2.79. The standard InChI is InChI=1S/C26H29N5O6/c1-26(2,27)24(35)37-15-31-21(32)11-10-20(23(31)34)30-14-17-12-16(8-9-19(17)22(30)33)13-28-25(36)29-18-6-4-3-5-7-18/h3-9,12,20H,10-11,13-15,27H2,1-2H3,(H2,28,29,36). The fourth-order valence-corrected chi connectivity index (χ4v) is 4.19. The molecular weight excluding hydrogens is 478 g/mol. The molecule has 2 aliphatic rings. The molecule has 0 aliphatic carbocycles. The Morgan fingerprint density at radius 1 is 1.11 bits per heavy atom. The van der Waals surface area contributed by atoms with E-state index in [0.29, 0.717) is 11.3 Å². The van der Waals surface area contributed by atoms with Gasteiger partial charge < -0.3 is 26.0 Å². The van der Waals surface area contributed by atoms with Gasteiger partial charge in [-0.3, -0.25) is 19.2 Å². The predicted octanol–water partition coefficient (Wildman–Crippen LogP) is 1.72. The van der Waals surface area contributed by atoms with Gasteiger partial charge in [-0.2, -0.15) is 0 Å². The number of urea groups is 1. The lowest BCUT2D eigenvalue weighted by Crippen LogP contribution is -2.56. The highest BCUT2D eigenvalue weighted by molar-refractivity contribution is 6.05. The Bertz CT molecular complexity index is 1240. The number of anilines is 1. The average Bonchev–Trinajstić information content (AvgIpc) is 3.18. The minimum Gasteiger partial charge on any atom is -0.442 e. The number of likely N-dealkylation sites (tertiary alicyclic amines) is 1. The summed E-state index contributed by atoms with van der Waals surface area (Å²) in [5.74, 6) is -2.14. The number of imide groups is 1. The lowest BCUT2D eigenvalue weighted by Gasteiger charge is -2.35. The van der Waals surface area contributed by atoms with E-state index in [-0.39, 0.29) is 37.9 Å². The van der Waals surface area contributed by atoms with Crippen LogP contribution in [0.25, 0.3) is 0 Å². The molecule has 2 aromatic rings. The molecule has 37 heavy (non-hydrogen) atoms. The van der Waals surface area contributed by atoms with E-state index in [1.165, 1.54) is 18.7 Å². The normalized spacial score (nSPS) is 17.5. The van der Waals surface area contributed by atoms with Crippen molar-refractivity contribution in [3.63, 3.8) is 0 Å². The zero-order valence-corrected chi connectivity index (χ0v) is 20.7. The van der Waals surface area contributed by atoms with Gasteiger partial charge in [0, 0.05) is 30.8 Å². The second-order valence-corrected chi connectivity index (χ2v) is 9.60. The molecule has 0 spiro atoms. The van der Waals surface area contributed by atoms with Gasteiger partial charge in [0.05, 0.1) is 0 Å². The number of nitrogens with two attached hydrogens (primary N) is 1. The van der Waals surface area contributed by atoms with Gasteiger partial charge in [-0.15, -0.1) is 0 Å². The molecule has 2 aromatic carbocycles. The molecule has 0 radical (unpaired) electrons. The summed E-state index contributed by atoms with van der Waals surface area (Å²) in [6.07, 6.45) is 0.212. The van der Waals surface area contributed by atoms with E-state index in [1.54, 1.807) is 24.3 Å². The zero-order chi connectivity index (χ0) is 26.7. The van der Waals surface area contributed by atoms with Gasteiger partial charge >= 0.3 is 12.0 Å². The van der Waals surface area contributed by atoms with E-state index >= 15 is 0 Å². The monoisotopic (exact) mass is 507 g/mol. The highest BCUT2D eigenvalue weighted by atomic mass is 16.5. The Morgan fingerprint density at radius 2 is 1.84 bits per heavy atom. The molecule has 11 heteroatoms. The number of piperidine rings is 1. The van der Waals surface area contributed by atoms with Crippen molar-refractivity contribution in [1.82, 2.24) is 15.1 Å². The van der Waals surface area contributed by atoms with Crippen LogP contribution in [0.2, 0.25) is 0 Å². The average molecular weight is 508 g/mol. The quantitative estimate of drug-likeness (QED) is 0.381. The van der Waals surface area contributed by atoms with E-state index in [1.807, 2.05) is 24.3 Å². The minimum absolute atomic E-state index is 0.0335. The molecule has 5 amide bonds. The molecule has 0 bridgehead atoms. The number of carbonyl (C=O) groups is 5. The van der Waals surface area contributed by atoms with Crippen LogP contribution in [0, 0.1) is 0 Å². The summed E-state index contributed by atoms with van der Waals surface area (Å²) in [5, 5.41) is 5.52. The maximum absolute atomic E-state index is 13.1.